The van der Waals surface area contributed by atoms with Crippen LogP contribution in [0.1, 0.15) is 0 Å². The van der Waals surface area contributed by atoms with Gasteiger partial charge in [0.15, 0.2) is 0 Å². The fourth-order valence-corrected chi connectivity index (χ4v) is 0.224. The maximum absolute atomic E-state index is 10.1. The molecule has 0 saturated heterocycles. The number of hydrogen-bond donors (Lipinski definition) is 0. The van der Waals surface area contributed by atoms with Crippen molar-refractivity contribution in [3.63, 3.8) is 0 Å². The van der Waals surface area contributed by atoms with Gasteiger partial charge in [-0.15, -0.1) is 0 Å². The third-order valence-electron chi connectivity index (χ3n) is 0.486. The molecule has 0 aromatic heterocycles. The molecule has 0 aliphatic carbocycles. The van der Waals surface area contributed by atoms with E-state index < -0.39 is 12.3 Å². The van der Waals surface area contributed by atoms with Crippen molar-refractivity contribution in [1.82, 2.24) is 0 Å². The van der Waals surface area contributed by atoms with Crippen LogP contribution in [0.15, 0.2) is 12.7 Å². The first kappa shape index (κ1) is 13.7. The molecule has 5 nitrogen and oxygen atoms in total. The molecule has 6 heteroatoms. The molecule has 0 bridgehead atoms. The molecule has 0 radical (unpaired) electrons. The topological polar surface area (TPSA) is 75.7 Å². The summed E-state index contributed by atoms with van der Waals surface area (Å²) < 4.78 is 7.55. The molecule has 0 N–H and O–H groups in total. The molecular formula is C5H5KO5. The first-order valence-corrected chi connectivity index (χ1v) is 2.33. The number of ether oxygens (including phenoxy) is 2. The largest absolute Gasteiger partial charge is 1.00 e. The zero-order valence-electron chi connectivity index (χ0n) is 6.03. The first-order chi connectivity index (χ1) is 4.66. The quantitative estimate of drug-likeness (QED) is 0.194. The van der Waals surface area contributed by atoms with Crippen molar-refractivity contribution in [1.29, 1.82) is 0 Å². The van der Waals surface area contributed by atoms with E-state index in [1.54, 1.807) is 0 Å². The summed E-state index contributed by atoms with van der Waals surface area (Å²) in [6, 6.07) is 0. The van der Waals surface area contributed by atoms with Crippen molar-refractivity contribution in [2.24, 2.45) is 0 Å². The Balaban J connectivity index is 0. The molecule has 0 spiro atoms. The number of hydrogen-bond acceptors (Lipinski definition) is 5. The summed E-state index contributed by atoms with van der Waals surface area (Å²) in [5.74, 6) is 0. The number of carbonyl (C=O) groups excluding carboxylic acids is 2. The van der Waals surface area contributed by atoms with E-state index in [2.05, 4.69) is 16.1 Å². The summed E-state index contributed by atoms with van der Waals surface area (Å²) in [6.45, 7) is 3.12. The second kappa shape index (κ2) is 8.22. The third-order valence-corrected chi connectivity index (χ3v) is 0.486. The molecule has 0 aliphatic rings. The van der Waals surface area contributed by atoms with E-state index >= 15 is 0 Å². The molecule has 0 aromatic carbocycles. The fraction of sp³-hybridized carbons (Fsp3) is 0.200. The Morgan fingerprint density at radius 1 is 1.55 bits per heavy atom. The van der Waals surface area contributed by atoms with E-state index in [-0.39, 0.29) is 58.0 Å². The van der Waals surface area contributed by atoms with Gasteiger partial charge in [-0.2, -0.15) is 0 Å². The Hall–Kier alpha value is 0.116. The van der Waals surface area contributed by atoms with Crippen LogP contribution in [-0.2, 0) is 9.47 Å². The molecule has 0 amide bonds. The monoisotopic (exact) mass is 184 g/mol. The maximum atomic E-state index is 10.1. The Labute approximate surface area is 106 Å². The standard InChI is InChI=1S/C5H6O5.K/c1-2-3-9-5(8)10-4(6)7;/h2H,1,3H2,(H,6,7);/q;+1/p-1. The Bertz CT molecular complexity index is 155. The molecule has 0 rings (SSSR count). The Morgan fingerprint density at radius 2 is 2.09 bits per heavy atom. The molecule has 0 aliphatic heterocycles. The van der Waals surface area contributed by atoms with Gasteiger partial charge in [0.1, 0.15) is 6.61 Å². The van der Waals surface area contributed by atoms with Crippen LogP contribution in [0.2, 0.25) is 0 Å². The van der Waals surface area contributed by atoms with Crippen LogP contribution in [-0.4, -0.2) is 18.9 Å². The zero-order valence-corrected chi connectivity index (χ0v) is 9.16. The second-order valence-electron chi connectivity index (χ2n) is 1.20. The number of carbonyl (C=O) groups is 2. The van der Waals surface area contributed by atoms with Gasteiger partial charge < -0.3 is 19.4 Å². The van der Waals surface area contributed by atoms with Crippen molar-refractivity contribution in [2.45, 2.75) is 0 Å². The van der Waals surface area contributed by atoms with Crippen LogP contribution in [0.3, 0.4) is 0 Å². The van der Waals surface area contributed by atoms with Crippen LogP contribution in [0.25, 0.3) is 0 Å². The van der Waals surface area contributed by atoms with Crippen molar-refractivity contribution >= 4 is 12.3 Å². The van der Waals surface area contributed by atoms with Crippen molar-refractivity contribution in [2.75, 3.05) is 6.61 Å². The molecule has 0 unspecified atom stereocenters. The minimum absolute atomic E-state index is 0. The molecule has 0 aromatic rings. The van der Waals surface area contributed by atoms with E-state index in [0.29, 0.717) is 0 Å². The van der Waals surface area contributed by atoms with Gasteiger partial charge in [-0.1, -0.05) is 12.7 Å². The van der Waals surface area contributed by atoms with Gasteiger partial charge in [0.25, 0.3) is 6.16 Å². The molecule has 0 heterocycles. The molecule has 0 atom stereocenters. The summed E-state index contributed by atoms with van der Waals surface area (Å²) in [6.07, 6.45) is -1.97. The van der Waals surface area contributed by atoms with Crippen LogP contribution in [0.4, 0.5) is 9.59 Å². The van der Waals surface area contributed by atoms with Crippen LogP contribution >= 0.6 is 0 Å². The minimum atomic E-state index is -1.94. The first-order valence-electron chi connectivity index (χ1n) is 2.33. The Kier molecular flexibility index (Phi) is 10.2. The van der Waals surface area contributed by atoms with E-state index in [9.17, 15) is 14.7 Å². The summed E-state index contributed by atoms with van der Waals surface area (Å²) in [7, 11) is 0. The van der Waals surface area contributed by atoms with Crippen LogP contribution < -0.4 is 56.5 Å². The van der Waals surface area contributed by atoms with Crippen molar-refractivity contribution in [3.05, 3.63) is 12.7 Å². The summed E-state index contributed by atoms with van der Waals surface area (Å²) >= 11 is 0. The zero-order chi connectivity index (χ0) is 7.98. The third kappa shape index (κ3) is 10.1. The van der Waals surface area contributed by atoms with Gasteiger partial charge in [-0.3, -0.25) is 0 Å². The van der Waals surface area contributed by atoms with E-state index in [1.165, 1.54) is 6.08 Å². The predicted octanol–water partition coefficient (Wildman–Crippen LogP) is -3.33. The number of rotatable bonds is 2. The van der Waals surface area contributed by atoms with Gasteiger partial charge in [0.2, 0.25) is 0 Å². The smallest absolute Gasteiger partial charge is 0.453 e. The van der Waals surface area contributed by atoms with Crippen LogP contribution in [0, 0.1) is 0 Å². The van der Waals surface area contributed by atoms with E-state index in [1.807, 2.05) is 0 Å². The maximum Gasteiger partial charge on any atom is 1.00 e. The van der Waals surface area contributed by atoms with Crippen molar-refractivity contribution < 1.29 is 75.6 Å². The summed E-state index contributed by atoms with van der Waals surface area (Å²) in [5.41, 5.74) is 0. The average molecular weight is 184 g/mol. The number of carboxylic acid groups (broad SMARTS) is 1. The summed E-state index contributed by atoms with van der Waals surface area (Å²) in [5, 5.41) is 9.51. The molecule has 0 saturated carbocycles. The molecule has 0 fully saturated rings. The van der Waals surface area contributed by atoms with Gasteiger partial charge >= 0.3 is 57.5 Å². The predicted molar refractivity (Wildman–Crippen MR) is 28.0 cm³/mol. The van der Waals surface area contributed by atoms with Gasteiger partial charge in [-0.25, -0.2) is 4.79 Å². The normalized spacial score (nSPS) is 7.27. The van der Waals surface area contributed by atoms with Gasteiger partial charge in [-0.05, 0) is 0 Å². The molecule has 56 valence electrons. The molecule has 11 heavy (non-hydrogen) atoms. The summed E-state index contributed by atoms with van der Waals surface area (Å²) in [4.78, 5) is 19.6. The van der Waals surface area contributed by atoms with E-state index in [4.69, 9.17) is 0 Å². The molecular weight excluding hydrogens is 179 g/mol. The Morgan fingerprint density at radius 3 is 2.45 bits per heavy atom. The van der Waals surface area contributed by atoms with Gasteiger partial charge in [0.05, 0.1) is 0 Å². The van der Waals surface area contributed by atoms with Crippen LogP contribution in [0.5, 0.6) is 0 Å². The second-order valence-corrected chi connectivity index (χ2v) is 1.20. The van der Waals surface area contributed by atoms with Gasteiger partial charge in [0, 0.05) is 0 Å². The van der Waals surface area contributed by atoms with E-state index in [0.717, 1.165) is 0 Å². The van der Waals surface area contributed by atoms with Crippen molar-refractivity contribution in [3.8, 4) is 0 Å². The SMILES string of the molecule is C=CCOC(=O)OC(=O)[O-].[K+]. The average Bonchev–Trinajstić information content (AvgIpc) is 1.82. The fourth-order valence-electron chi connectivity index (χ4n) is 0.224. The minimum Gasteiger partial charge on any atom is -0.453 e.